The maximum Gasteiger partial charge on any atom is 0.0530 e. The molecule has 1 rings (SSSR count). The molecule has 1 unspecified atom stereocenters. The van der Waals surface area contributed by atoms with Crippen LogP contribution in [0.2, 0.25) is 0 Å². The van der Waals surface area contributed by atoms with Crippen LogP contribution in [-0.2, 0) is 10.8 Å². The topological polar surface area (TPSA) is 43.1 Å². The third-order valence-corrected chi connectivity index (χ3v) is 3.07. The molecule has 0 bridgehead atoms. The van der Waals surface area contributed by atoms with E-state index in [1.165, 1.54) is 0 Å². The summed E-state index contributed by atoms with van der Waals surface area (Å²) in [5.41, 5.74) is 6.24. The maximum absolute atomic E-state index is 11.5. The van der Waals surface area contributed by atoms with Gasteiger partial charge in [-0.1, -0.05) is 13.0 Å². The molecule has 0 radical (unpaired) electrons. The molecule has 0 amide bonds. The molecule has 12 heavy (non-hydrogen) atoms. The van der Waals surface area contributed by atoms with Crippen LogP contribution < -0.4 is 5.73 Å². The van der Waals surface area contributed by atoms with E-state index in [4.69, 9.17) is 5.73 Å². The van der Waals surface area contributed by atoms with Gasteiger partial charge in [-0.3, -0.25) is 4.21 Å². The predicted molar refractivity (Wildman–Crippen MR) is 52.4 cm³/mol. The Morgan fingerprint density at radius 1 is 1.50 bits per heavy atom. The standard InChI is InChI=1S/C9H13NOS/c1-2-6-12(11)9-5-3-4-8(10)7-9/h3-5,7H,2,6,10H2,1H3. The number of rotatable bonds is 3. The predicted octanol–water partition coefficient (Wildman–Crippen LogP) is 1.79. The lowest BCUT2D eigenvalue weighted by Gasteiger charge is -2.00. The Labute approximate surface area is 75.2 Å². The Balaban J connectivity index is 2.81. The van der Waals surface area contributed by atoms with E-state index in [1.807, 2.05) is 19.1 Å². The highest BCUT2D eigenvalue weighted by Gasteiger charge is 2.01. The van der Waals surface area contributed by atoms with Crippen LogP contribution in [0.1, 0.15) is 13.3 Å². The van der Waals surface area contributed by atoms with Gasteiger partial charge in [0, 0.05) is 16.3 Å². The number of anilines is 1. The first-order chi connectivity index (χ1) is 5.74. The first kappa shape index (κ1) is 9.26. The van der Waals surface area contributed by atoms with Crippen LogP contribution in [0.3, 0.4) is 0 Å². The lowest BCUT2D eigenvalue weighted by atomic mass is 10.3. The average Bonchev–Trinajstić information content (AvgIpc) is 2.05. The summed E-state index contributed by atoms with van der Waals surface area (Å²) in [4.78, 5) is 0.830. The van der Waals surface area contributed by atoms with Gasteiger partial charge in [-0.25, -0.2) is 0 Å². The third-order valence-electron chi connectivity index (χ3n) is 1.51. The van der Waals surface area contributed by atoms with Crippen LogP contribution in [0.4, 0.5) is 5.69 Å². The molecule has 2 N–H and O–H groups in total. The van der Waals surface area contributed by atoms with Crippen LogP contribution in [-0.4, -0.2) is 9.96 Å². The molecule has 1 aromatic carbocycles. The smallest absolute Gasteiger partial charge is 0.0530 e. The molecule has 0 aromatic heterocycles. The fourth-order valence-electron chi connectivity index (χ4n) is 0.959. The van der Waals surface area contributed by atoms with Gasteiger partial charge in [0.15, 0.2) is 0 Å². The van der Waals surface area contributed by atoms with E-state index in [0.717, 1.165) is 11.3 Å². The fraction of sp³-hybridized carbons (Fsp3) is 0.333. The van der Waals surface area contributed by atoms with Crippen LogP contribution >= 0.6 is 0 Å². The SMILES string of the molecule is CCCS(=O)c1cccc(N)c1. The van der Waals surface area contributed by atoms with Gasteiger partial charge >= 0.3 is 0 Å². The monoisotopic (exact) mass is 183 g/mol. The fourth-order valence-corrected chi connectivity index (χ4v) is 2.06. The molecule has 1 aromatic rings. The normalized spacial score (nSPS) is 12.8. The van der Waals surface area contributed by atoms with Gasteiger partial charge in [-0.15, -0.1) is 0 Å². The summed E-state index contributed by atoms with van der Waals surface area (Å²) in [7, 11) is -0.874. The Hall–Kier alpha value is -0.830. The second kappa shape index (κ2) is 4.26. The first-order valence-electron chi connectivity index (χ1n) is 3.98. The zero-order chi connectivity index (χ0) is 8.97. The quantitative estimate of drug-likeness (QED) is 0.726. The number of hydrogen-bond donors (Lipinski definition) is 1. The van der Waals surface area contributed by atoms with Crippen LogP contribution in [0.15, 0.2) is 29.2 Å². The molecule has 0 fully saturated rings. The minimum Gasteiger partial charge on any atom is -0.399 e. The number of nitrogen functional groups attached to an aromatic ring is 1. The van der Waals surface area contributed by atoms with Crippen LogP contribution in [0, 0.1) is 0 Å². The van der Waals surface area contributed by atoms with E-state index in [-0.39, 0.29) is 0 Å². The number of nitrogens with two attached hydrogens (primary N) is 1. The van der Waals surface area contributed by atoms with Gasteiger partial charge in [0.05, 0.1) is 10.8 Å². The second-order valence-corrected chi connectivity index (χ2v) is 4.19. The Kier molecular flexibility index (Phi) is 3.29. The van der Waals surface area contributed by atoms with Gasteiger partial charge in [-0.05, 0) is 24.6 Å². The minimum atomic E-state index is -0.874. The zero-order valence-corrected chi connectivity index (χ0v) is 7.93. The first-order valence-corrected chi connectivity index (χ1v) is 5.30. The van der Waals surface area contributed by atoms with Gasteiger partial charge in [0.1, 0.15) is 0 Å². The molecule has 0 heterocycles. The molecule has 0 aliphatic rings. The molecule has 0 aliphatic carbocycles. The van der Waals surface area contributed by atoms with E-state index >= 15 is 0 Å². The van der Waals surface area contributed by atoms with E-state index < -0.39 is 10.8 Å². The lowest BCUT2D eigenvalue weighted by molar-refractivity contribution is 0.682. The highest BCUT2D eigenvalue weighted by Crippen LogP contribution is 2.11. The molecular weight excluding hydrogens is 170 g/mol. The van der Waals surface area contributed by atoms with Crippen molar-refractivity contribution in [2.45, 2.75) is 18.2 Å². The molecule has 66 valence electrons. The van der Waals surface area contributed by atoms with Crippen molar-refractivity contribution < 1.29 is 4.21 Å². The largest absolute Gasteiger partial charge is 0.399 e. The molecule has 0 saturated carbocycles. The lowest BCUT2D eigenvalue weighted by Crippen LogP contribution is -1.97. The Bertz CT molecular complexity index is 286. The maximum atomic E-state index is 11.5. The van der Waals surface area contributed by atoms with Crippen molar-refractivity contribution in [1.29, 1.82) is 0 Å². The van der Waals surface area contributed by atoms with Crippen molar-refractivity contribution in [3.8, 4) is 0 Å². The molecule has 0 aliphatic heterocycles. The number of benzene rings is 1. The zero-order valence-electron chi connectivity index (χ0n) is 7.12. The number of hydrogen-bond acceptors (Lipinski definition) is 2. The van der Waals surface area contributed by atoms with E-state index in [0.29, 0.717) is 11.4 Å². The highest BCUT2D eigenvalue weighted by molar-refractivity contribution is 7.85. The van der Waals surface area contributed by atoms with Crippen molar-refractivity contribution in [3.63, 3.8) is 0 Å². The van der Waals surface area contributed by atoms with E-state index in [2.05, 4.69) is 0 Å². The van der Waals surface area contributed by atoms with Crippen molar-refractivity contribution >= 4 is 16.5 Å². The molecular formula is C9H13NOS. The minimum absolute atomic E-state index is 0.678. The third kappa shape index (κ3) is 2.34. The Morgan fingerprint density at radius 2 is 2.25 bits per heavy atom. The van der Waals surface area contributed by atoms with E-state index in [9.17, 15) is 4.21 Å². The van der Waals surface area contributed by atoms with Crippen molar-refractivity contribution in [1.82, 2.24) is 0 Å². The molecule has 3 heteroatoms. The van der Waals surface area contributed by atoms with E-state index in [1.54, 1.807) is 12.1 Å². The highest BCUT2D eigenvalue weighted by atomic mass is 32.2. The summed E-state index contributed by atoms with van der Waals surface area (Å²) in [5, 5.41) is 0. The van der Waals surface area contributed by atoms with Gasteiger partial charge < -0.3 is 5.73 Å². The summed E-state index contributed by atoms with van der Waals surface area (Å²) in [6.07, 6.45) is 0.932. The molecule has 0 spiro atoms. The van der Waals surface area contributed by atoms with Crippen molar-refractivity contribution in [3.05, 3.63) is 24.3 Å². The van der Waals surface area contributed by atoms with Gasteiger partial charge in [-0.2, -0.15) is 0 Å². The summed E-state index contributed by atoms with van der Waals surface area (Å²) in [5.74, 6) is 0.712. The Morgan fingerprint density at radius 3 is 2.83 bits per heavy atom. The molecule has 2 nitrogen and oxygen atoms in total. The van der Waals surface area contributed by atoms with Crippen molar-refractivity contribution in [2.75, 3.05) is 11.5 Å². The average molecular weight is 183 g/mol. The van der Waals surface area contributed by atoms with Gasteiger partial charge in [0.25, 0.3) is 0 Å². The summed E-state index contributed by atoms with van der Waals surface area (Å²) < 4.78 is 11.5. The van der Waals surface area contributed by atoms with Crippen LogP contribution in [0.5, 0.6) is 0 Å². The second-order valence-electron chi connectivity index (χ2n) is 2.62. The summed E-state index contributed by atoms with van der Waals surface area (Å²) in [6, 6.07) is 7.25. The molecule has 1 atom stereocenters. The summed E-state index contributed by atoms with van der Waals surface area (Å²) >= 11 is 0. The molecule has 0 saturated heterocycles. The summed E-state index contributed by atoms with van der Waals surface area (Å²) in [6.45, 7) is 2.02. The van der Waals surface area contributed by atoms with Gasteiger partial charge in [0.2, 0.25) is 0 Å². The van der Waals surface area contributed by atoms with Crippen molar-refractivity contribution in [2.24, 2.45) is 0 Å². The van der Waals surface area contributed by atoms with Crippen LogP contribution in [0.25, 0.3) is 0 Å².